The highest BCUT2D eigenvalue weighted by molar-refractivity contribution is 6.04. The number of carbonyl (C=O) groups excluding carboxylic acids is 2. The highest BCUT2D eigenvalue weighted by atomic mass is 16.5. The Hall–Kier alpha value is -4.01. The Balaban J connectivity index is 2.18. The van der Waals surface area contributed by atoms with Crippen molar-refractivity contribution in [3.8, 4) is 22.7 Å². The van der Waals surface area contributed by atoms with Crippen LogP contribution in [0.1, 0.15) is 40.1 Å². The SMILES string of the molecule is COc1cc(-c2c(C(N)=O)c(N)nn2-c2ccc(N)cc2C)ccc1C(=O)NCC(C)C. The summed E-state index contributed by atoms with van der Waals surface area (Å²) in [5.41, 5.74) is 21.1. The van der Waals surface area contributed by atoms with Gasteiger partial charge in [-0.3, -0.25) is 9.59 Å². The van der Waals surface area contributed by atoms with Gasteiger partial charge in [-0.25, -0.2) is 4.68 Å². The van der Waals surface area contributed by atoms with E-state index in [2.05, 4.69) is 10.4 Å². The van der Waals surface area contributed by atoms with Crippen molar-refractivity contribution < 1.29 is 14.3 Å². The number of anilines is 2. The van der Waals surface area contributed by atoms with E-state index in [1.54, 1.807) is 41.1 Å². The maximum Gasteiger partial charge on any atom is 0.255 e. The van der Waals surface area contributed by atoms with Crippen LogP contribution in [0.3, 0.4) is 0 Å². The van der Waals surface area contributed by atoms with Crippen LogP contribution in [0.2, 0.25) is 0 Å². The summed E-state index contributed by atoms with van der Waals surface area (Å²) in [5, 5.41) is 7.24. The fourth-order valence-corrected chi connectivity index (χ4v) is 3.45. The van der Waals surface area contributed by atoms with Crippen LogP contribution in [0.5, 0.6) is 5.75 Å². The molecule has 0 atom stereocenters. The smallest absolute Gasteiger partial charge is 0.255 e. The molecule has 0 bridgehead atoms. The molecule has 32 heavy (non-hydrogen) atoms. The highest BCUT2D eigenvalue weighted by Crippen LogP contribution is 2.34. The standard InChI is InChI=1S/C23H28N6O3/c1-12(2)11-27-23(31)16-7-5-14(10-18(16)32-4)20-19(22(26)30)21(25)28-29(20)17-8-6-15(24)9-13(17)3/h5-10,12H,11,24H2,1-4H3,(H2,25,28)(H2,26,30)(H,27,31). The van der Waals surface area contributed by atoms with E-state index in [4.69, 9.17) is 21.9 Å². The summed E-state index contributed by atoms with van der Waals surface area (Å²) >= 11 is 0. The van der Waals surface area contributed by atoms with Gasteiger partial charge >= 0.3 is 0 Å². The zero-order valence-electron chi connectivity index (χ0n) is 18.6. The molecule has 0 fully saturated rings. The molecule has 0 aliphatic rings. The van der Waals surface area contributed by atoms with Crippen LogP contribution in [0, 0.1) is 12.8 Å². The Morgan fingerprint density at radius 2 is 1.88 bits per heavy atom. The lowest BCUT2D eigenvalue weighted by molar-refractivity contribution is 0.0944. The van der Waals surface area contributed by atoms with Gasteiger partial charge in [-0.2, -0.15) is 0 Å². The first-order chi connectivity index (χ1) is 15.1. The Kier molecular flexibility index (Phi) is 6.38. The Morgan fingerprint density at radius 1 is 1.16 bits per heavy atom. The number of aromatic nitrogens is 2. The van der Waals surface area contributed by atoms with E-state index < -0.39 is 5.91 Å². The molecule has 9 nitrogen and oxygen atoms in total. The molecule has 168 valence electrons. The zero-order valence-corrected chi connectivity index (χ0v) is 18.6. The first kappa shape index (κ1) is 22.7. The summed E-state index contributed by atoms with van der Waals surface area (Å²) in [4.78, 5) is 24.9. The number of rotatable bonds is 7. The molecular weight excluding hydrogens is 408 g/mol. The number of hydrogen-bond acceptors (Lipinski definition) is 6. The number of nitrogen functional groups attached to an aromatic ring is 2. The molecule has 0 radical (unpaired) electrons. The van der Waals surface area contributed by atoms with Gasteiger partial charge in [-0.05, 0) is 48.7 Å². The molecule has 2 aromatic carbocycles. The molecule has 1 heterocycles. The van der Waals surface area contributed by atoms with Crippen molar-refractivity contribution in [1.29, 1.82) is 0 Å². The first-order valence-electron chi connectivity index (χ1n) is 10.2. The van der Waals surface area contributed by atoms with Crippen LogP contribution in [0.4, 0.5) is 11.5 Å². The average molecular weight is 437 g/mol. The first-order valence-corrected chi connectivity index (χ1v) is 10.2. The van der Waals surface area contributed by atoms with E-state index in [1.807, 2.05) is 20.8 Å². The topological polar surface area (TPSA) is 151 Å². The number of nitrogens with one attached hydrogen (secondary N) is 1. The van der Waals surface area contributed by atoms with Gasteiger partial charge in [0.2, 0.25) is 0 Å². The number of aryl methyl sites for hydroxylation is 1. The summed E-state index contributed by atoms with van der Waals surface area (Å²) in [7, 11) is 1.48. The molecule has 7 N–H and O–H groups in total. The fraction of sp³-hybridized carbons (Fsp3) is 0.261. The van der Waals surface area contributed by atoms with Crippen LogP contribution < -0.4 is 27.3 Å². The summed E-state index contributed by atoms with van der Waals surface area (Å²) in [6, 6.07) is 10.3. The number of methoxy groups -OCH3 is 1. The van der Waals surface area contributed by atoms with Crippen molar-refractivity contribution in [2.45, 2.75) is 20.8 Å². The lowest BCUT2D eigenvalue weighted by atomic mass is 10.0. The lowest BCUT2D eigenvalue weighted by Crippen LogP contribution is -2.27. The molecule has 0 aliphatic carbocycles. The van der Waals surface area contributed by atoms with Crippen molar-refractivity contribution in [1.82, 2.24) is 15.1 Å². The monoisotopic (exact) mass is 436 g/mol. The summed E-state index contributed by atoms with van der Waals surface area (Å²) in [6.07, 6.45) is 0. The van der Waals surface area contributed by atoms with Crippen molar-refractivity contribution in [3.05, 3.63) is 53.1 Å². The predicted molar refractivity (Wildman–Crippen MR) is 125 cm³/mol. The minimum atomic E-state index is -0.713. The van der Waals surface area contributed by atoms with Crippen LogP contribution in [-0.2, 0) is 0 Å². The van der Waals surface area contributed by atoms with Crippen LogP contribution >= 0.6 is 0 Å². The third kappa shape index (κ3) is 4.36. The van der Waals surface area contributed by atoms with Gasteiger partial charge in [-0.1, -0.05) is 19.9 Å². The molecule has 1 aromatic heterocycles. The normalized spacial score (nSPS) is 10.9. The second kappa shape index (κ2) is 9.01. The van der Waals surface area contributed by atoms with Gasteiger partial charge in [0, 0.05) is 17.8 Å². The van der Waals surface area contributed by atoms with Gasteiger partial charge in [0.1, 0.15) is 11.3 Å². The van der Waals surface area contributed by atoms with Gasteiger partial charge in [0.15, 0.2) is 5.82 Å². The quantitative estimate of drug-likeness (QED) is 0.418. The number of amides is 2. The van der Waals surface area contributed by atoms with Crippen LogP contribution in [0.15, 0.2) is 36.4 Å². The fourth-order valence-electron chi connectivity index (χ4n) is 3.45. The number of nitrogens with zero attached hydrogens (tertiary/aromatic N) is 2. The van der Waals surface area contributed by atoms with Crippen LogP contribution in [-0.4, -0.2) is 35.2 Å². The molecule has 0 saturated carbocycles. The van der Waals surface area contributed by atoms with E-state index in [-0.39, 0.29) is 17.3 Å². The van der Waals surface area contributed by atoms with E-state index in [0.717, 1.165) is 5.56 Å². The molecule has 2 amide bonds. The Labute approximate surface area is 186 Å². The predicted octanol–water partition coefficient (Wildman–Crippen LogP) is 2.51. The number of ether oxygens (including phenoxy) is 1. The summed E-state index contributed by atoms with van der Waals surface area (Å²) in [6.45, 7) is 6.43. The minimum absolute atomic E-state index is 0.00134. The molecule has 3 rings (SSSR count). The highest BCUT2D eigenvalue weighted by Gasteiger charge is 2.25. The van der Waals surface area contributed by atoms with Crippen molar-refractivity contribution in [2.75, 3.05) is 25.1 Å². The maximum atomic E-state index is 12.6. The molecule has 9 heteroatoms. The number of primary amides is 1. The third-order valence-electron chi connectivity index (χ3n) is 5.00. The van der Waals surface area contributed by atoms with Crippen molar-refractivity contribution >= 4 is 23.3 Å². The summed E-state index contributed by atoms with van der Waals surface area (Å²) < 4.78 is 7.03. The second-order valence-corrected chi connectivity index (χ2v) is 7.95. The van der Waals surface area contributed by atoms with E-state index in [0.29, 0.717) is 46.4 Å². The largest absolute Gasteiger partial charge is 0.496 e. The maximum absolute atomic E-state index is 12.6. The molecular formula is C23H28N6O3. The average Bonchev–Trinajstić information content (AvgIpc) is 3.08. The minimum Gasteiger partial charge on any atom is -0.496 e. The Morgan fingerprint density at radius 3 is 2.47 bits per heavy atom. The van der Waals surface area contributed by atoms with Gasteiger partial charge in [0.05, 0.1) is 24.1 Å². The van der Waals surface area contributed by atoms with Gasteiger partial charge in [0.25, 0.3) is 11.8 Å². The molecule has 0 unspecified atom stereocenters. The van der Waals surface area contributed by atoms with Crippen molar-refractivity contribution in [2.24, 2.45) is 11.7 Å². The van der Waals surface area contributed by atoms with Gasteiger partial charge in [-0.15, -0.1) is 5.10 Å². The zero-order chi connectivity index (χ0) is 23.6. The second-order valence-electron chi connectivity index (χ2n) is 7.95. The number of carbonyl (C=O) groups is 2. The van der Waals surface area contributed by atoms with E-state index in [1.165, 1.54) is 7.11 Å². The number of hydrogen-bond donors (Lipinski definition) is 4. The Bertz CT molecular complexity index is 1180. The van der Waals surface area contributed by atoms with Crippen LogP contribution in [0.25, 0.3) is 16.9 Å². The lowest BCUT2D eigenvalue weighted by Gasteiger charge is -2.15. The molecule has 0 aliphatic heterocycles. The van der Waals surface area contributed by atoms with E-state index >= 15 is 0 Å². The van der Waals surface area contributed by atoms with Crippen molar-refractivity contribution in [3.63, 3.8) is 0 Å². The summed E-state index contributed by atoms with van der Waals surface area (Å²) in [5.74, 6) is -0.307. The molecule has 3 aromatic rings. The van der Waals surface area contributed by atoms with E-state index in [9.17, 15) is 9.59 Å². The van der Waals surface area contributed by atoms with Gasteiger partial charge < -0.3 is 27.3 Å². The number of benzene rings is 2. The third-order valence-corrected chi connectivity index (χ3v) is 5.00. The number of nitrogens with two attached hydrogens (primary N) is 3. The molecule has 0 spiro atoms. The molecule has 0 saturated heterocycles.